The second-order valence-corrected chi connectivity index (χ2v) is 5.32. The van der Waals surface area contributed by atoms with Gasteiger partial charge in [0.2, 0.25) is 0 Å². The Kier molecular flexibility index (Phi) is 5.56. The second kappa shape index (κ2) is 6.50. The van der Waals surface area contributed by atoms with Crippen molar-refractivity contribution in [3.63, 3.8) is 0 Å². The zero-order chi connectivity index (χ0) is 13.8. The Bertz CT molecular complexity index is 281. The van der Waals surface area contributed by atoms with Crippen LogP contribution >= 0.6 is 0 Å². The van der Waals surface area contributed by atoms with Crippen LogP contribution in [0.2, 0.25) is 0 Å². The third-order valence-corrected chi connectivity index (χ3v) is 3.64. The lowest BCUT2D eigenvalue weighted by molar-refractivity contribution is -0.147. The van der Waals surface area contributed by atoms with Gasteiger partial charge in [0.05, 0.1) is 6.10 Å². The normalized spacial score (nSPS) is 20.7. The molecule has 0 bridgehead atoms. The van der Waals surface area contributed by atoms with Crippen LogP contribution in [-0.4, -0.2) is 61.4 Å². The summed E-state index contributed by atoms with van der Waals surface area (Å²) in [5.41, 5.74) is -0.795. The van der Waals surface area contributed by atoms with Crippen molar-refractivity contribution in [1.29, 1.82) is 0 Å². The fourth-order valence-corrected chi connectivity index (χ4v) is 2.54. The maximum atomic E-state index is 11.7. The summed E-state index contributed by atoms with van der Waals surface area (Å²) < 4.78 is 5.22. The lowest BCUT2D eigenvalue weighted by Crippen LogP contribution is -2.60. The number of nitrogens with one attached hydrogen (secondary N) is 1. The topological polar surface area (TPSA) is 61.8 Å². The van der Waals surface area contributed by atoms with Gasteiger partial charge >= 0.3 is 5.97 Å². The molecule has 2 atom stereocenters. The zero-order valence-electron chi connectivity index (χ0n) is 11.9. The van der Waals surface area contributed by atoms with Gasteiger partial charge < -0.3 is 20.1 Å². The lowest BCUT2D eigenvalue weighted by Gasteiger charge is -2.35. The number of hydrogen-bond donors (Lipinski definition) is 2. The van der Waals surface area contributed by atoms with Crippen molar-refractivity contribution in [2.75, 3.05) is 33.8 Å². The molecule has 1 aliphatic carbocycles. The van der Waals surface area contributed by atoms with E-state index in [1.165, 1.54) is 0 Å². The third kappa shape index (κ3) is 3.67. The van der Waals surface area contributed by atoms with Gasteiger partial charge in [-0.1, -0.05) is 6.92 Å². The molecule has 1 saturated carbocycles. The van der Waals surface area contributed by atoms with Gasteiger partial charge in [-0.05, 0) is 39.3 Å². The number of rotatable bonds is 9. The molecule has 0 amide bonds. The van der Waals surface area contributed by atoms with Gasteiger partial charge in [0.25, 0.3) is 0 Å². The molecular weight excluding hydrogens is 232 g/mol. The van der Waals surface area contributed by atoms with Crippen LogP contribution in [0.5, 0.6) is 0 Å². The smallest absolute Gasteiger partial charge is 0.325 e. The number of ether oxygens (including phenoxy) is 1. The summed E-state index contributed by atoms with van der Waals surface area (Å²) in [6, 6.07) is 0. The summed E-state index contributed by atoms with van der Waals surface area (Å²) >= 11 is 0. The molecule has 0 heterocycles. The first-order valence-electron chi connectivity index (χ1n) is 6.66. The maximum Gasteiger partial charge on any atom is 0.325 e. The molecule has 5 heteroatoms. The maximum absolute atomic E-state index is 11.7. The lowest BCUT2D eigenvalue weighted by atomic mass is 9.92. The minimum absolute atomic E-state index is 0.113. The Morgan fingerprint density at radius 3 is 2.61 bits per heavy atom. The molecule has 1 aliphatic rings. The molecule has 1 fully saturated rings. The number of aliphatic carboxylic acids is 1. The molecule has 2 N–H and O–H groups in total. The first-order chi connectivity index (χ1) is 8.46. The van der Waals surface area contributed by atoms with E-state index in [0.29, 0.717) is 13.1 Å². The molecule has 0 saturated heterocycles. The molecule has 2 unspecified atom stereocenters. The number of likely N-dealkylation sites (N-methyl/N-ethyl adjacent to an activating group) is 2. The molecule has 106 valence electrons. The van der Waals surface area contributed by atoms with Gasteiger partial charge in [0.15, 0.2) is 0 Å². The summed E-state index contributed by atoms with van der Waals surface area (Å²) in [5.74, 6) is -0.473. The molecule has 18 heavy (non-hydrogen) atoms. The van der Waals surface area contributed by atoms with E-state index in [2.05, 4.69) is 5.32 Å². The van der Waals surface area contributed by atoms with Gasteiger partial charge in [0.1, 0.15) is 5.54 Å². The number of nitrogens with zero attached hydrogens (tertiary/aromatic N) is 1. The largest absolute Gasteiger partial charge is 0.480 e. The van der Waals surface area contributed by atoms with Gasteiger partial charge in [-0.3, -0.25) is 4.79 Å². The summed E-state index contributed by atoms with van der Waals surface area (Å²) in [6.07, 6.45) is 2.13. The molecule has 0 radical (unpaired) electrons. The first kappa shape index (κ1) is 15.4. The van der Waals surface area contributed by atoms with Crippen LogP contribution in [-0.2, 0) is 9.53 Å². The fourth-order valence-electron chi connectivity index (χ4n) is 2.54. The average molecular weight is 258 g/mol. The van der Waals surface area contributed by atoms with Crippen LogP contribution in [0, 0.1) is 5.92 Å². The quantitative estimate of drug-likeness (QED) is 0.640. The molecule has 0 aromatic heterocycles. The Hall–Kier alpha value is -0.650. The highest BCUT2D eigenvalue weighted by molar-refractivity contribution is 5.80. The fraction of sp³-hybridized carbons (Fsp3) is 0.923. The van der Waals surface area contributed by atoms with E-state index < -0.39 is 11.5 Å². The Labute approximate surface area is 109 Å². The molecule has 0 aliphatic heterocycles. The van der Waals surface area contributed by atoms with Gasteiger partial charge in [-0.2, -0.15) is 0 Å². The highest BCUT2D eigenvalue weighted by atomic mass is 16.5. The third-order valence-electron chi connectivity index (χ3n) is 3.64. The standard InChI is InChI=1S/C13H26N2O3/c1-5-14-13(12(16)17,11-6-7-11)9-15(3)8-10(2)18-4/h10-11,14H,5-9H2,1-4H3,(H,16,17). The zero-order valence-corrected chi connectivity index (χ0v) is 11.9. The van der Waals surface area contributed by atoms with Crippen LogP contribution in [0.15, 0.2) is 0 Å². The van der Waals surface area contributed by atoms with E-state index in [0.717, 1.165) is 19.4 Å². The van der Waals surface area contributed by atoms with Crippen molar-refractivity contribution < 1.29 is 14.6 Å². The van der Waals surface area contributed by atoms with Crippen LogP contribution < -0.4 is 5.32 Å². The monoisotopic (exact) mass is 258 g/mol. The number of carbonyl (C=O) groups is 1. The van der Waals surface area contributed by atoms with Crippen molar-refractivity contribution in [3.05, 3.63) is 0 Å². The minimum Gasteiger partial charge on any atom is -0.480 e. The highest BCUT2D eigenvalue weighted by Gasteiger charge is 2.51. The summed E-state index contributed by atoms with van der Waals surface area (Å²) in [6.45, 7) is 5.88. The molecule has 0 spiro atoms. The van der Waals surface area contributed by atoms with E-state index >= 15 is 0 Å². The summed E-state index contributed by atoms with van der Waals surface area (Å²) in [4.78, 5) is 13.7. The van der Waals surface area contributed by atoms with Crippen LogP contribution in [0.3, 0.4) is 0 Å². The number of carboxylic acid groups (broad SMARTS) is 1. The van der Waals surface area contributed by atoms with Crippen molar-refractivity contribution in [1.82, 2.24) is 10.2 Å². The van der Waals surface area contributed by atoms with E-state index in [4.69, 9.17) is 4.74 Å². The molecular formula is C13H26N2O3. The SMILES string of the molecule is CCNC(CN(C)CC(C)OC)(C(=O)O)C1CC1. The van der Waals surface area contributed by atoms with E-state index in [9.17, 15) is 9.90 Å². The van der Waals surface area contributed by atoms with E-state index in [1.807, 2.05) is 25.8 Å². The summed E-state index contributed by atoms with van der Waals surface area (Å²) in [5, 5.41) is 12.8. The first-order valence-corrected chi connectivity index (χ1v) is 6.66. The van der Waals surface area contributed by atoms with Crippen molar-refractivity contribution in [2.45, 2.75) is 38.3 Å². The van der Waals surface area contributed by atoms with Crippen molar-refractivity contribution in [2.24, 2.45) is 5.92 Å². The minimum atomic E-state index is -0.795. The van der Waals surface area contributed by atoms with Gasteiger partial charge in [-0.25, -0.2) is 0 Å². The highest BCUT2D eigenvalue weighted by Crippen LogP contribution is 2.40. The Morgan fingerprint density at radius 1 is 1.61 bits per heavy atom. The predicted octanol–water partition coefficient (Wildman–Crippen LogP) is 0.796. The number of hydrogen-bond acceptors (Lipinski definition) is 4. The van der Waals surface area contributed by atoms with Crippen molar-refractivity contribution in [3.8, 4) is 0 Å². The molecule has 0 aromatic carbocycles. The van der Waals surface area contributed by atoms with E-state index in [1.54, 1.807) is 7.11 Å². The number of carboxylic acids is 1. The van der Waals surface area contributed by atoms with Crippen LogP contribution in [0.25, 0.3) is 0 Å². The Balaban J connectivity index is 2.68. The summed E-state index contributed by atoms with van der Waals surface area (Å²) in [7, 11) is 3.63. The average Bonchev–Trinajstić information content (AvgIpc) is 3.11. The predicted molar refractivity (Wildman–Crippen MR) is 70.7 cm³/mol. The number of methoxy groups -OCH3 is 1. The molecule has 0 aromatic rings. The van der Waals surface area contributed by atoms with Crippen LogP contribution in [0.1, 0.15) is 26.7 Å². The van der Waals surface area contributed by atoms with Crippen LogP contribution in [0.4, 0.5) is 0 Å². The van der Waals surface area contributed by atoms with Crippen molar-refractivity contribution >= 4 is 5.97 Å². The van der Waals surface area contributed by atoms with E-state index in [-0.39, 0.29) is 12.0 Å². The Morgan fingerprint density at radius 2 is 2.22 bits per heavy atom. The molecule has 5 nitrogen and oxygen atoms in total. The molecule has 1 rings (SSSR count). The van der Waals surface area contributed by atoms with Gasteiger partial charge in [0, 0.05) is 20.2 Å². The second-order valence-electron chi connectivity index (χ2n) is 5.32. The van der Waals surface area contributed by atoms with Gasteiger partial charge in [-0.15, -0.1) is 0 Å².